The van der Waals surface area contributed by atoms with Crippen LogP contribution in [0.3, 0.4) is 0 Å². The molecule has 5 atom stereocenters. The van der Waals surface area contributed by atoms with Crippen LogP contribution in [0.2, 0.25) is 0 Å². The van der Waals surface area contributed by atoms with Crippen molar-refractivity contribution in [1.82, 2.24) is 20.9 Å². The molecular formula is C30H48ClN5O7. The Morgan fingerprint density at radius 2 is 1.63 bits per heavy atom. The molecule has 12 nitrogen and oxygen atoms in total. The lowest BCUT2D eigenvalue weighted by atomic mass is 9.83. The van der Waals surface area contributed by atoms with E-state index in [-0.39, 0.29) is 42.6 Å². The Kier molecular flexibility index (Phi) is 12.2. The van der Waals surface area contributed by atoms with Gasteiger partial charge in [0.05, 0.1) is 6.04 Å². The Morgan fingerprint density at radius 1 is 0.977 bits per heavy atom. The average molecular weight is 626 g/mol. The number of nitrogens with one attached hydrogen (secondary N) is 3. The SMILES string of the molecule is CCC(Cl)[C@@H]1CC(C(=O)NC(CC2CC2)C(=O)C(N)=O)N(C(=O)C(NC(=O)NCC(=O)OC(C)(C)C)C2CCCCC2)C1. The number of hydrogen-bond acceptors (Lipinski definition) is 7. The van der Waals surface area contributed by atoms with Crippen molar-refractivity contribution in [3.63, 3.8) is 0 Å². The number of esters is 1. The van der Waals surface area contributed by atoms with E-state index in [1.807, 2.05) is 6.92 Å². The van der Waals surface area contributed by atoms with Crippen LogP contribution < -0.4 is 21.7 Å². The number of carbonyl (C=O) groups is 6. The molecule has 242 valence electrons. The monoisotopic (exact) mass is 625 g/mol. The van der Waals surface area contributed by atoms with Crippen molar-refractivity contribution in [3.05, 3.63) is 0 Å². The highest BCUT2D eigenvalue weighted by molar-refractivity contribution is 6.37. The van der Waals surface area contributed by atoms with Crippen LogP contribution in [-0.4, -0.2) is 82.6 Å². The number of nitrogens with two attached hydrogens (primary N) is 1. The second kappa shape index (κ2) is 15.2. The molecule has 0 radical (unpaired) electrons. The third-order valence-electron chi connectivity index (χ3n) is 8.45. The minimum atomic E-state index is -1.12. The molecule has 13 heteroatoms. The fourth-order valence-corrected chi connectivity index (χ4v) is 6.25. The molecule has 4 unspecified atom stereocenters. The van der Waals surface area contributed by atoms with Crippen LogP contribution in [0, 0.1) is 17.8 Å². The summed E-state index contributed by atoms with van der Waals surface area (Å²) < 4.78 is 5.25. The van der Waals surface area contributed by atoms with Crippen molar-refractivity contribution in [2.24, 2.45) is 23.5 Å². The summed E-state index contributed by atoms with van der Waals surface area (Å²) in [5, 5.41) is 7.68. The second-order valence-corrected chi connectivity index (χ2v) is 13.7. The summed E-state index contributed by atoms with van der Waals surface area (Å²) in [6.07, 6.45) is 7.32. The van der Waals surface area contributed by atoms with Crippen LogP contribution in [-0.2, 0) is 28.7 Å². The number of rotatable bonds is 13. The molecule has 1 aliphatic heterocycles. The van der Waals surface area contributed by atoms with Gasteiger partial charge in [0.25, 0.3) is 5.91 Å². The van der Waals surface area contributed by atoms with Crippen molar-refractivity contribution >= 4 is 47.1 Å². The van der Waals surface area contributed by atoms with Crippen molar-refractivity contribution in [2.75, 3.05) is 13.1 Å². The first-order chi connectivity index (χ1) is 20.2. The minimum absolute atomic E-state index is 0.159. The minimum Gasteiger partial charge on any atom is -0.459 e. The summed E-state index contributed by atoms with van der Waals surface area (Å²) in [7, 11) is 0. The van der Waals surface area contributed by atoms with Gasteiger partial charge in [0, 0.05) is 11.9 Å². The number of urea groups is 1. The topological polar surface area (TPSA) is 177 Å². The maximum Gasteiger partial charge on any atom is 0.325 e. The van der Waals surface area contributed by atoms with Gasteiger partial charge in [0.2, 0.25) is 17.6 Å². The zero-order chi connectivity index (χ0) is 31.9. The summed E-state index contributed by atoms with van der Waals surface area (Å²) in [5.41, 5.74) is 4.55. The van der Waals surface area contributed by atoms with Crippen LogP contribution >= 0.6 is 11.6 Å². The molecule has 1 heterocycles. The quantitative estimate of drug-likeness (QED) is 0.138. The van der Waals surface area contributed by atoms with E-state index in [1.165, 1.54) is 4.90 Å². The maximum absolute atomic E-state index is 14.2. The van der Waals surface area contributed by atoms with Crippen LogP contribution in [0.1, 0.15) is 91.9 Å². The third kappa shape index (κ3) is 10.4. The lowest BCUT2D eigenvalue weighted by Crippen LogP contribution is -2.59. The first-order valence-electron chi connectivity index (χ1n) is 15.5. The van der Waals surface area contributed by atoms with E-state index in [0.29, 0.717) is 12.8 Å². The third-order valence-corrected chi connectivity index (χ3v) is 9.11. The highest BCUT2D eigenvalue weighted by Crippen LogP contribution is 2.35. The van der Waals surface area contributed by atoms with Gasteiger partial charge in [-0.3, -0.25) is 24.0 Å². The Balaban J connectivity index is 1.80. The first-order valence-corrected chi connectivity index (χ1v) is 16.0. The van der Waals surface area contributed by atoms with Crippen molar-refractivity contribution in [3.8, 4) is 0 Å². The molecule has 5 N–H and O–H groups in total. The molecule has 2 saturated carbocycles. The second-order valence-electron chi connectivity index (χ2n) is 13.2. The van der Waals surface area contributed by atoms with Crippen LogP contribution in [0.15, 0.2) is 0 Å². The van der Waals surface area contributed by atoms with Gasteiger partial charge >= 0.3 is 12.0 Å². The fraction of sp³-hybridized carbons (Fsp3) is 0.800. The number of primary amides is 1. The molecule has 0 bridgehead atoms. The number of likely N-dealkylation sites (tertiary alicyclic amines) is 1. The molecule has 1 saturated heterocycles. The number of amides is 5. The Hall–Kier alpha value is -2.89. The smallest absolute Gasteiger partial charge is 0.325 e. The number of halogens is 1. The predicted molar refractivity (Wildman–Crippen MR) is 160 cm³/mol. The van der Waals surface area contributed by atoms with Gasteiger partial charge < -0.3 is 31.3 Å². The molecule has 43 heavy (non-hydrogen) atoms. The molecule has 0 spiro atoms. The summed E-state index contributed by atoms with van der Waals surface area (Å²) in [4.78, 5) is 78.6. The Bertz CT molecular complexity index is 1050. The number of ether oxygens (including phenoxy) is 1. The molecular weight excluding hydrogens is 578 g/mol. The van der Waals surface area contributed by atoms with E-state index in [2.05, 4.69) is 16.0 Å². The molecule has 3 fully saturated rings. The number of nitrogens with zero attached hydrogens (tertiary/aromatic N) is 1. The number of hydrogen-bond donors (Lipinski definition) is 4. The van der Waals surface area contributed by atoms with E-state index in [1.54, 1.807) is 20.8 Å². The largest absolute Gasteiger partial charge is 0.459 e. The molecule has 3 rings (SSSR count). The molecule has 2 aliphatic carbocycles. The zero-order valence-electron chi connectivity index (χ0n) is 25.8. The van der Waals surface area contributed by atoms with E-state index < -0.39 is 59.2 Å². The number of alkyl halides is 1. The Labute approximate surface area is 258 Å². The molecule has 5 amide bonds. The molecule has 3 aliphatic rings. The van der Waals surface area contributed by atoms with Crippen molar-refractivity contribution in [2.45, 2.75) is 121 Å². The zero-order valence-corrected chi connectivity index (χ0v) is 26.5. The van der Waals surface area contributed by atoms with Crippen LogP contribution in [0.5, 0.6) is 0 Å². The highest BCUT2D eigenvalue weighted by atomic mass is 35.5. The van der Waals surface area contributed by atoms with Gasteiger partial charge in [-0.2, -0.15) is 0 Å². The van der Waals surface area contributed by atoms with Crippen LogP contribution in [0.25, 0.3) is 0 Å². The van der Waals surface area contributed by atoms with E-state index in [4.69, 9.17) is 22.1 Å². The molecule has 0 aromatic heterocycles. The van der Waals surface area contributed by atoms with Gasteiger partial charge in [-0.15, -0.1) is 11.6 Å². The summed E-state index contributed by atoms with van der Waals surface area (Å²) in [6.45, 7) is 6.93. The van der Waals surface area contributed by atoms with Gasteiger partial charge in [0.15, 0.2) is 0 Å². The Morgan fingerprint density at radius 3 is 2.19 bits per heavy atom. The molecule has 0 aromatic carbocycles. The van der Waals surface area contributed by atoms with Gasteiger partial charge in [0.1, 0.15) is 24.2 Å². The van der Waals surface area contributed by atoms with E-state index >= 15 is 0 Å². The van der Waals surface area contributed by atoms with Gasteiger partial charge in [-0.1, -0.05) is 39.0 Å². The van der Waals surface area contributed by atoms with Crippen LogP contribution in [0.4, 0.5) is 4.79 Å². The van der Waals surface area contributed by atoms with Gasteiger partial charge in [-0.05, 0) is 70.6 Å². The van der Waals surface area contributed by atoms with E-state index in [0.717, 1.165) is 44.9 Å². The number of Topliss-reactive ketones (excluding diaryl/α,β-unsaturated/α-hetero) is 1. The van der Waals surface area contributed by atoms with Gasteiger partial charge in [-0.25, -0.2) is 4.79 Å². The molecule has 0 aromatic rings. The van der Waals surface area contributed by atoms with E-state index in [9.17, 15) is 28.8 Å². The lowest BCUT2D eigenvalue weighted by molar-refractivity contribution is -0.153. The normalized spacial score (nSPS) is 23.0. The summed E-state index contributed by atoms with van der Waals surface area (Å²) in [5.74, 6) is -3.67. The van der Waals surface area contributed by atoms with Crippen molar-refractivity contribution < 1.29 is 33.5 Å². The lowest BCUT2D eigenvalue weighted by Gasteiger charge is -2.35. The predicted octanol–water partition coefficient (Wildman–Crippen LogP) is 2.15. The summed E-state index contributed by atoms with van der Waals surface area (Å²) in [6, 6.07) is -3.62. The van der Waals surface area contributed by atoms with Crippen molar-refractivity contribution in [1.29, 1.82) is 0 Å². The fourth-order valence-electron chi connectivity index (χ4n) is 6.06. The summed E-state index contributed by atoms with van der Waals surface area (Å²) >= 11 is 6.61. The standard InChI is InChI=1S/C30H48ClN5O7/c1-5-20(31)19-14-22(27(40)34-21(13-17-11-12-17)25(38)26(32)39)36(16-19)28(41)24(18-9-7-6-8-10-18)35-29(42)33-15-23(37)43-30(2,3)4/h17-22,24H,5-16H2,1-4H3,(H2,32,39)(H,34,40)(H2,33,35,42)/t19-,20?,21?,22?,24?/m1/s1. The maximum atomic E-state index is 14.2. The highest BCUT2D eigenvalue weighted by Gasteiger charge is 2.46. The number of ketones is 1. The first kappa shape index (κ1) is 34.6. The average Bonchev–Trinajstić information content (AvgIpc) is 3.66. The number of carbonyl (C=O) groups excluding carboxylic acids is 6.